The van der Waals surface area contributed by atoms with Crippen molar-refractivity contribution >= 4 is 34.1 Å². The van der Waals surface area contributed by atoms with Crippen molar-refractivity contribution in [1.82, 2.24) is 9.97 Å². The lowest BCUT2D eigenvalue weighted by Crippen LogP contribution is -2.42. The maximum absolute atomic E-state index is 14.4. The molecular formula is C36H23F3N4. The van der Waals surface area contributed by atoms with Gasteiger partial charge >= 0.3 is 6.18 Å². The number of halogens is 3. The number of alkyl halides is 3. The highest BCUT2D eigenvalue weighted by Crippen LogP contribution is 2.64. The summed E-state index contributed by atoms with van der Waals surface area (Å²) in [6.07, 6.45) is -2.47. The number of nitrogens with zero attached hydrogens (tertiary/aromatic N) is 4. The van der Waals surface area contributed by atoms with Crippen molar-refractivity contribution in [2.75, 3.05) is 9.80 Å². The zero-order chi connectivity index (χ0) is 29.2. The molecule has 6 aromatic rings. The van der Waals surface area contributed by atoms with Crippen LogP contribution in [-0.2, 0) is 11.6 Å². The zero-order valence-corrected chi connectivity index (χ0v) is 22.7. The Balaban J connectivity index is 1.51. The average molecular weight is 569 g/mol. The van der Waals surface area contributed by atoms with Crippen LogP contribution < -0.4 is 9.80 Å². The molecule has 2 aliphatic rings. The first-order valence-electron chi connectivity index (χ1n) is 13.9. The van der Waals surface area contributed by atoms with E-state index in [-0.39, 0.29) is 5.69 Å². The van der Waals surface area contributed by atoms with Crippen molar-refractivity contribution in [2.24, 2.45) is 0 Å². The standard InChI is InChI=1S/C36H23F3N4/c37-36(38,39)34-33(22-40-23-41-34)43-31-20-10-6-16-27(31)35(28-17-7-11-21-32(28)43)25-14-4-8-18-29(25)42(24-12-2-1-3-13-24)30-19-9-5-15-26(30)35/h1-23H. The van der Waals surface area contributed by atoms with Crippen molar-refractivity contribution in [3.05, 3.63) is 168 Å². The largest absolute Gasteiger partial charge is 0.435 e. The molecule has 1 spiro atoms. The summed E-state index contributed by atoms with van der Waals surface area (Å²) in [7, 11) is 0. The number of anilines is 6. The quantitative estimate of drug-likeness (QED) is 0.208. The third-order valence-electron chi connectivity index (χ3n) is 8.41. The van der Waals surface area contributed by atoms with E-state index in [2.05, 4.69) is 51.3 Å². The summed E-state index contributed by atoms with van der Waals surface area (Å²) in [5, 5.41) is 0. The molecule has 7 heteroatoms. The maximum Gasteiger partial charge on any atom is 0.435 e. The normalized spacial score (nSPS) is 14.5. The summed E-state index contributed by atoms with van der Waals surface area (Å²) >= 11 is 0. The highest BCUT2D eigenvalue weighted by atomic mass is 19.4. The number of fused-ring (bicyclic) bond motifs is 8. The van der Waals surface area contributed by atoms with E-state index < -0.39 is 17.3 Å². The van der Waals surface area contributed by atoms with E-state index in [1.54, 1.807) is 4.90 Å². The van der Waals surface area contributed by atoms with Crippen LogP contribution in [0.15, 0.2) is 140 Å². The molecule has 0 atom stereocenters. The topological polar surface area (TPSA) is 32.3 Å². The third-order valence-corrected chi connectivity index (χ3v) is 8.41. The molecule has 208 valence electrons. The van der Waals surface area contributed by atoms with Gasteiger partial charge in [-0.05, 0) is 58.7 Å². The summed E-state index contributed by atoms with van der Waals surface area (Å²) in [6.45, 7) is 0. The van der Waals surface area contributed by atoms with Crippen LogP contribution in [0.3, 0.4) is 0 Å². The van der Waals surface area contributed by atoms with E-state index in [0.29, 0.717) is 11.4 Å². The zero-order valence-electron chi connectivity index (χ0n) is 22.7. The number of aromatic nitrogens is 2. The van der Waals surface area contributed by atoms with Crippen LogP contribution in [0.25, 0.3) is 0 Å². The lowest BCUT2D eigenvalue weighted by atomic mass is 9.60. The molecule has 3 heterocycles. The SMILES string of the molecule is FC(F)(F)c1ncncc1N1c2ccccc2C2(c3ccccc3N(c3ccccc3)c3ccccc32)c2ccccc21. The van der Waals surface area contributed by atoms with Gasteiger partial charge < -0.3 is 9.80 Å². The van der Waals surface area contributed by atoms with Crippen LogP contribution in [0, 0.1) is 0 Å². The van der Waals surface area contributed by atoms with Gasteiger partial charge in [0, 0.05) is 5.69 Å². The minimum absolute atomic E-state index is 0.118. The van der Waals surface area contributed by atoms with Crippen LogP contribution in [0.1, 0.15) is 27.9 Å². The van der Waals surface area contributed by atoms with E-state index in [1.165, 1.54) is 6.20 Å². The van der Waals surface area contributed by atoms with Crippen molar-refractivity contribution in [3.8, 4) is 0 Å². The van der Waals surface area contributed by atoms with Gasteiger partial charge in [-0.25, -0.2) is 9.97 Å². The Kier molecular flexibility index (Phi) is 5.46. The van der Waals surface area contributed by atoms with Crippen molar-refractivity contribution in [3.63, 3.8) is 0 Å². The lowest BCUT2D eigenvalue weighted by molar-refractivity contribution is -0.140. The molecule has 0 N–H and O–H groups in total. The van der Waals surface area contributed by atoms with Gasteiger partial charge in [0.1, 0.15) is 6.33 Å². The first-order valence-corrected chi connectivity index (χ1v) is 13.9. The number of para-hydroxylation sites is 5. The summed E-state index contributed by atoms with van der Waals surface area (Å²) in [5.41, 5.74) is 6.21. The Hall–Kier alpha value is -5.43. The fourth-order valence-electron chi connectivity index (χ4n) is 6.89. The van der Waals surface area contributed by atoms with Gasteiger partial charge in [0.25, 0.3) is 0 Å². The van der Waals surface area contributed by atoms with Crippen LogP contribution in [-0.4, -0.2) is 9.97 Å². The second kappa shape index (κ2) is 9.29. The molecule has 5 aromatic carbocycles. The minimum atomic E-state index is -4.67. The Labute approximate surface area is 246 Å². The highest BCUT2D eigenvalue weighted by Gasteiger charge is 2.52. The first kappa shape index (κ1) is 25.3. The molecule has 0 saturated heterocycles. The Morgan fingerprint density at radius 3 is 1.37 bits per heavy atom. The van der Waals surface area contributed by atoms with Crippen LogP contribution in [0.5, 0.6) is 0 Å². The van der Waals surface area contributed by atoms with Crippen LogP contribution >= 0.6 is 0 Å². The number of hydrogen-bond acceptors (Lipinski definition) is 4. The lowest BCUT2D eigenvalue weighted by Gasteiger charge is -2.51. The van der Waals surface area contributed by atoms with Gasteiger partial charge in [0.2, 0.25) is 0 Å². The van der Waals surface area contributed by atoms with E-state index in [9.17, 15) is 13.2 Å². The van der Waals surface area contributed by atoms with Gasteiger partial charge in [0.05, 0.1) is 40.0 Å². The Morgan fingerprint density at radius 1 is 0.488 bits per heavy atom. The van der Waals surface area contributed by atoms with Gasteiger partial charge in [-0.3, -0.25) is 0 Å². The molecule has 1 aromatic heterocycles. The van der Waals surface area contributed by atoms with Crippen LogP contribution in [0.2, 0.25) is 0 Å². The molecule has 2 aliphatic heterocycles. The van der Waals surface area contributed by atoms with Crippen LogP contribution in [0.4, 0.5) is 47.3 Å². The summed E-state index contributed by atoms with van der Waals surface area (Å²) in [4.78, 5) is 11.7. The van der Waals surface area contributed by atoms with E-state index in [4.69, 9.17) is 0 Å². The van der Waals surface area contributed by atoms with Crippen molar-refractivity contribution in [1.29, 1.82) is 0 Å². The molecule has 0 unspecified atom stereocenters. The third kappa shape index (κ3) is 3.51. The Bertz CT molecular complexity index is 1910. The smallest absolute Gasteiger partial charge is 0.310 e. The number of benzene rings is 5. The van der Waals surface area contributed by atoms with Crippen molar-refractivity contribution < 1.29 is 13.2 Å². The molecule has 0 radical (unpaired) electrons. The minimum Gasteiger partial charge on any atom is -0.310 e. The fourth-order valence-corrected chi connectivity index (χ4v) is 6.89. The summed E-state index contributed by atoms with van der Waals surface area (Å²) in [6, 6.07) is 42.3. The summed E-state index contributed by atoms with van der Waals surface area (Å²) < 4.78 is 43.1. The molecule has 0 amide bonds. The average Bonchev–Trinajstić information content (AvgIpc) is 3.05. The van der Waals surface area contributed by atoms with E-state index in [1.807, 2.05) is 91.0 Å². The molecule has 43 heavy (non-hydrogen) atoms. The highest BCUT2D eigenvalue weighted by molar-refractivity contribution is 5.96. The van der Waals surface area contributed by atoms with Gasteiger partial charge in [-0.15, -0.1) is 0 Å². The van der Waals surface area contributed by atoms with Gasteiger partial charge in [-0.1, -0.05) is 91.0 Å². The molecular weight excluding hydrogens is 545 g/mol. The van der Waals surface area contributed by atoms with E-state index >= 15 is 0 Å². The second-order valence-corrected chi connectivity index (χ2v) is 10.6. The molecule has 8 rings (SSSR count). The molecule has 0 fully saturated rings. The monoisotopic (exact) mass is 568 g/mol. The summed E-state index contributed by atoms with van der Waals surface area (Å²) in [5.74, 6) is 0. The number of rotatable bonds is 2. The molecule has 0 saturated carbocycles. The van der Waals surface area contributed by atoms with Crippen molar-refractivity contribution in [2.45, 2.75) is 11.6 Å². The molecule has 0 bridgehead atoms. The van der Waals surface area contributed by atoms with Gasteiger partial charge in [0.15, 0.2) is 5.69 Å². The van der Waals surface area contributed by atoms with Gasteiger partial charge in [-0.2, -0.15) is 13.2 Å². The first-order chi connectivity index (χ1) is 21.0. The second-order valence-electron chi connectivity index (χ2n) is 10.6. The molecule has 0 aliphatic carbocycles. The molecule has 4 nitrogen and oxygen atoms in total. The predicted octanol–water partition coefficient (Wildman–Crippen LogP) is 9.44. The predicted molar refractivity (Wildman–Crippen MR) is 162 cm³/mol. The maximum atomic E-state index is 14.4. The fraction of sp³-hybridized carbons (Fsp3) is 0.0556. The Morgan fingerprint density at radius 2 is 0.907 bits per heavy atom. The van der Waals surface area contributed by atoms with E-state index in [0.717, 1.165) is 45.6 Å². The number of hydrogen-bond donors (Lipinski definition) is 0.